The van der Waals surface area contributed by atoms with Crippen molar-refractivity contribution < 1.29 is 31.9 Å². The lowest BCUT2D eigenvalue weighted by molar-refractivity contribution is -0.207. The average Bonchev–Trinajstić information content (AvgIpc) is 3.18. The van der Waals surface area contributed by atoms with Crippen LogP contribution in [0.1, 0.15) is 17.9 Å². The molecule has 0 aliphatic heterocycles. The number of rotatable bonds is 9. The monoisotopic (exact) mass is 583 g/mol. The molecule has 3 heterocycles. The summed E-state index contributed by atoms with van der Waals surface area (Å²) in [5.74, 6) is -5.13. The highest BCUT2D eigenvalue weighted by molar-refractivity contribution is 6.30. The number of alkyl halides is 5. The molecular formula is C24H19ClF5N7O3. The minimum atomic E-state index is -4.97. The zero-order valence-corrected chi connectivity index (χ0v) is 21.0. The Morgan fingerprint density at radius 3 is 2.50 bits per heavy atom. The summed E-state index contributed by atoms with van der Waals surface area (Å²) in [6, 6.07) is 8.95. The molecule has 40 heavy (non-hydrogen) atoms. The first-order chi connectivity index (χ1) is 18.8. The van der Waals surface area contributed by atoms with Gasteiger partial charge in [-0.3, -0.25) is 14.3 Å². The van der Waals surface area contributed by atoms with Crippen LogP contribution >= 0.6 is 11.6 Å². The van der Waals surface area contributed by atoms with Crippen molar-refractivity contribution in [3.63, 3.8) is 0 Å². The van der Waals surface area contributed by atoms with Gasteiger partial charge in [0, 0.05) is 23.2 Å². The summed E-state index contributed by atoms with van der Waals surface area (Å²) < 4.78 is 68.6. The number of benzene rings is 1. The Bertz CT molecular complexity index is 1610. The van der Waals surface area contributed by atoms with E-state index in [2.05, 4.69) is 20.2 Å². The van der Waals surface area contributed by atoms with E-state index >= 15 is 0 Å². The maximum absolute atomic E-state index is 13.3. The second-order valence-electron chi connectivity index (χ2n) is 9.17. The van der Waals surface area contributed by atoms with Crippen LogP contribution in [-0.2, 0) is 24.3 Å². The average molecular weight is 584 g/mol. The first kappa shape index (κ1) is 27.6. The van der Waals surface area contributed by atoms with Crippen molar-refractivity contribution in [1.82, 2.24) is 34.1 Å². The Hall–Kier alpha value is -3.98. The molecule has 2 atom stereocenters. The number of aliphatic hydroxyl groups is 1. The second kappa shape index (κ2) is 10.2. The summed E-state index contributed by atoms with van der Waals surface area (Å²) in [5, 5.41) is 18.4. The van der Waals surface area contributed by atoms with Crippen molar-refractivity contribution in [2.45, 2.75) is 44.1 Å². The standard InChI is InChI=1S/C24H19ClF5N7O3/c25-14-5-3-13(4-6-14)21-34-36(22(40)35(21)10-19(39)24(28,29)30)11-20-32-12-37(33-20)17-2-1-7-31-16(17)8-18(38)15-9-23(15,26)27/h1-7,12,15,19,39H,8-11H2/t15?,19-/m0/s1. The predicted octanol–water partition coefficient (Wildman–Crippen LogP) is 3.08. The molecule has 1 unspecified atom stereocenters. The number of aromatic nitrogens is 7. The molecule has 4 aromatic rings. The number of ketones is 1. The van der Waals surface area contributed by atoms with Gasteiger partial charge in [0.1, 0.15) is 18.7 Å². The number of hydrogen-bond acceptors (Lipinski definition) is 7. The van der Waals surface area contributed by atoms with Crippen molar-refractivity contribution in [2.24, 2.45) is 5.92 Å². The quantitative estimate of drug-likeness (QED) is 0.301. The number of aliphatic hydroxyl groups excluding tert-OH is 1. The highest BCUT2D eigenvalue weighted by Crippen LogP contribution is 2.49. The third-order valence-corrected chi connectivity index (χ3v) is 6.51. The normalized spacial score (nSPS) is 17.1. The van der Waals surface area contributed by atoms with Crippen molar-refractivity contribution in [1.29, 1.82) is 0 Å². The Balaban J connectivity index is 1.43. The lowest BCUT2D eigenvalue weighted by Crippen LogP contribution is -2.37. The van der Waals surface area contributed by atoms with Gasteiger partial charge >= 0.3 is 11.9 Å². The van der Waals surface area contributed by atoms with Gasteiger partial charge in [-0.15, -0.1) is 10.2 Å². The van der Waals surface area contributed by atoms with E-state index < -0.39 is 48.6 Å². The van der Waals surface area contributed by atoms with Crippen molar-refractivity contribution in [3.05, 3.63) is 75.9 Å². The van der Waals surface area contributed by atoms with E-state index in [9.17, 15) is 36.6 Å². The number of nitrogens with zero attached hydrogens (tertiary/aromatic N) is 7. The van der Waals surface area contributed by atoms with Gasteiger partial charge < -0.3 is 5.11 Å². The van der Waals surface area contributed by atoms with Gasteiger partial charge in [0.15, 0.2) is 17.8 Å². The van der Waals surface area contributed by atoms with Crippen molar-refractivity contribution in [3.8, 4) is 17.1 Å². The third kappa shape index (κ3) is 5.65. The van der Waals surface area contributed by atoms with Crippen molar-refractivity contribution in [2.75, 3.05) is 0 Å². The van der Waals surface area contributed by atoms with Gasteiger partial charge in [0.25, 0.3) is 5.92 Å². The molecule has 0 amide bonds. The molecule has 0 saturated heterocycles. The Morgan fingerprint density at radius 2 is 1.85 bits per heavy atom. The summed E-state index contributed by atoms with van der Waals surface area (Å²) >= 11 is 5.89. The molecule has 3 aromatic heterocycles. The molecule has 1 saturated carbocycles. The van der Waals surface area contributed by atoms with E-state index in [0.29, 0.717) is 15.3 Å². The topological polar surface area (TPSA) is 121 Å². The van der Waals surface area contributed by atoms with Crippen LogP contribution in [0.3, 0.4) is 0 Å². The molecule has 1 aliphatic rings. The Kier molecular flexibility index (Phi) is 7.04. The van der Waals surface area contributed by atoms with Gasteiger partial charge in [-0.05, 0) is 36.4 Å². The van der Waals surface area contributed by atoms with Gasteiger partial charge in [0.05, 0.1) is 30.3 Å². The van der Waals surface area contributed by atoms with E-state index in [4.69, 9.17) is 11.6 Å². The molecule has 0 radical (unpaired) electrons. The van der Waals surface area contributed by atoms with Crippen molar-refractivity contribution >= 4 is 17.4 Å². The summed E-state index contributed by atoms with van der Waals surface area (Å²) in [5.41, 5.74) is -0.187. The van der Waals surface area contributed by atoms with E-state index in [1.165, 1.54) is 41.5 Å². The van der Waals surface area contributed by atoms with Crippen LogP contribution < -0.4 is 5.69 Å². The van der Waals surface area contributed by atoms with E-state index in [-0.39, 0.29) is 35.9 Å². The van der Waals surface area contributed by atoms with Gasteiger partial charge in [-0.25, -0.2) is 27.9 Å². The molecule has 0 spiro atoms. The van der Waals surface area contributed by atoms with Crippen LogP contribution in [0.5, 0.6) is 0 Å². The number of carbonyl (C=O) groups is 1. The Labute approximate surface area is 226 Å². The summed E-state index contributed by atoms with van der Waals surface area (Å²) in [7, 11) is 0. The first-order valence-electron chi connectivity index (χ1n) is 11.8. The number of carbonyl (C=O) groups excluding carboxylic acids is 1. The molecule has 16 heteroatoms. The molecule has 210 valence electrons. The lowest BCUT2D eigenvalue weighted by Gasteiger charge is -2.15. The smallest absolute Gasteiger partial charge is 0.382 e. The number of halogens is 6. The fourth-order valence-corrected chi connectivity index (χ4v) is 4.17. The van der Waals surface area contributed by atoms with E-state index in [1.54, 1.807) is 12.1 Å². The van der Waals surface area contributed by atoms with Crippen LogP contribution in [0.2, 0.25) is 5.02 Å². The maximum atomic E-state index is 13.3. The minimum absolute atomic E-state index is 0.0284. The van der Waals surface area contributed by atoms with Crippen LogP contribution in [0, 0.1) is 5.92 Å². The van der Waals surface area contributed by atoms with E-state index in [0.717, 1.165) is 4.68 Å². The fraction of sp³-hybridized carbons (Fsp3) is 0.333. The molecule has 1 fully saturated rings. The highest BCUT2D eigenvalue weighted by atomic mass is 35.5. The third-order valence-electron chi connectivity index (χ3n) is 6.26. The van der Waals surface area contributed by atoms with Gasteiger partial charge in [-0.2, -0.15) is 13.2 Å². The molecule has 10 nitrogen and oxygen atoms in total. The Morgan fingerprint density at radius 1 is 1.15 bits per heavy atom. The zero-order valence-electron chi connectivity index (χ0n) is 20.3. The first-order valence-corrected chi connectivity index (χ1v) is 12.1. The van der Waals surface area contributed by atoms with Gasteiger partial charge in [0.2, 0.25) is 0 Å². The van der Waals surface area contributed by atoms with Crippen LogP contribution in [0.4, 0.5) is 22.0 Å². The lowest BCUT2D eigenvalue weighted by atomic mass is 10.1. The van der Waals surface area contributed by atoms with Crippen LogP contribution in [0.25, 0.3) is 17.1 Å². The maximum Gasteiger partial charge on any atom is 0.416 e. The molecular weight excluding hydrogens is 565 g/mol. The predicted molar refractivity (Wildman–Crippen MR) is 129 cm³/mol. The van der Waals surface area contributed by atoms with E-state index in [1.807, 2.05) is 0 Å². The molecule has 1 aromatic carbocycles. The van der Waals surface area contributed by atoms with Crippen LogP contribution in [-0.4, -0.2) is 63.2 Å². The molecule has 0 bridgehead atoms. The summed E-state index contributed by atoms with van der Waals surface area (Å²) in [6.45, 7) is -1.46. The fourth-order valence-electron chi connectivity index (χ4n) is 4.04. The molecule has 1 aliphatic carbocycles. The van der Waals surface area contributed by atoms with Gasteiger partial charge in [-0.1, -0.05) is 11.6 Å². The molecule has 5 rings (SSSR count). The zero-order chi connectivity index (χ0) is 28.8. The van der Waals surface area contributed by atoms with Crippen LogP contribution in [0.15, 0.2) is 53.7 Å². The SMILES string of the molecule is O=C(Cc1ncccc1-n1cnc(Cn2nc(-c3ccc(Cl)cc3)n(C[C@H](O)C(F)(F)F)c2=O)n1)C1CC1(F)F. The number of hydrogen-bond donors (Lipinski definition) is 1. The second-order valence-corrected chi connectivity index (χ2v) is 9.61. The minimum Gasteiger partial charge on any atom is -0.382 e. The highest BCUT2D eigenvalue weighted by Gasteiger charge is 2.60. The summed E-state index contributed by atoms with van der Waals surface area (Å²) in [6.07, 6.45) is -6.00. The largest absolute Gasteiger partial charge is 0.416 e. The molecule has 1 N–H and O–H groups in total. The summed E-state index contributed by atoms with van der Waals surface area (Å²) in [4.78, 5) is 33.5. The number of Topliss-reactive ketones (excluding diaryl/α,β-unsaturated/α-hetero) is 1. The number of pyridine rings is 1.